The third-order valence-corrected chi connectivity index (χ3v) is 3.76. The Balaban J connectivity index is 2.64. The van der Waals surface area contributed by atoms with E-state index in [4.69, 9.17) is 0 Å². The van der Waals surface area contributed by atoms with Gasteiger partial charge in [-0.1, -0.05) is 76.8 Å². The molecule has 0 aliphatic rings. The molecule has 1 aromatic rings. The van der Waals surface area contributed by atoms with Gasteiger partial charge in [0.15, 0.2) is 0 Å². The van der Waals surface area contributed by atoms with Gasteiger partial charge in [0.1, 0.15) is 0 Å². The van der Waals surface area contributed by atoms with E-state index >= 15 is 0 Å². The molecule has 2 unspecified atom stereocenters. The molecule has 1 N–H and O–H groups in total. The molecule has 0 heterocycles. The van der Waals surface area contributed by atoms with E-state index < -0.39 is 0 Å². The lowest BCUT2D eigenvalue weighted by atomic mass is 9.98. The Morgan fingerprint density at radius 2 is 1.53 bits per heavy atom. The molecule has 19 heavy (non-hydrogen) atoms. The van der Waals surface area contributed by atoms with Crippen LogP contribution in [0.4, 0.5) is 0 Å². The molecular formula is C18H31N. The Kier molecular flexibility index (Phi) is 8.57. The summed E-state index contributed by atoms with van der Waals surface area (Å²) in [5, 5.41) is 3.91. The molecule has 1 nitrogen and oxygen atoms in total. The third-order valence-electron chi connectivity index (χ3n) is 3.76. The Labute approximate surface area is 119 Å². The van der Waals surface area contributed by atoms with Crippen LogP contribution >= 0.6 is 0 Å². The highest BCUT2D eigenvalue weighted by atomic mass is 14.9. The largest absolute Gasteiger partial charge is 0.307 e. The molecule has 1 rings (SSSR count). The van der Waals surface area contributed by atoms with E-state index in [0.717, 1.165) is 0 Å². The summed E-state index contributed by atoms with van der Waals surface area (Å²) in [6.45, 7) is 6.85. The number of hydrogen-bond acceptors (Lipinski definition) is 1. The van der Waals surface area contributed by atoms with Crippen molar-refractivity contribution in [3.05, 3.63) is 35.9 Å². The standard InChI is InChI=1S/C18H31N/c1-4-7-15-17(11-5-2)19-18(12-6-3)16-13-9-8-10-14-16/h8-10,13-14,17-19H,4-7,11-12,15H2,1-3H3. The van der Waals surface area contributed by atoms with Crippen molar-refractivity contribution < 1.29 is 0 Å². The molecule has 0 bridgehead atoms. The second-order valence-electron chi connectivity index (χ2n) is 5.55. The zero-order valence-corrected chi connectivity index (χ0v) is 13.0. The first-order valence-corrected chi connectivity index (χ1v) is 8.12. The van der Waals surface area contributed by atoms with E-state index in [2.05, 4.69) is 56.4 Å². The minimum absolute atomic E-state index is 0.527. The molecular weight excluding hydrogens is 230 g/mol. The van der Waals surface area contributed by atoms with Crippen LogP contribution in [-0.2, 0) is 0 Å². The average molecular weight is 261 g/mol. The predicted molar refractivity (Wildman–Crippen MR) is 85.4 cm³/mol. The number of nitrogens with one attached hydrogen (secondary N) is 1. The fraction of sp³-hybridized carbons (Fsp3) is 0.667. The van der Waals surface area contributed by atoms with Gasteiger partial charge in [0.2, 0.25) is 0 Å². The van der Waals surface area contributed by atoms with Gasteiger partial charge >= 0.3 is 0 Å². The van der Waals surface area contributed by atoms with Crippen molar-refractivity contribution in [3.63, 3.8) is 0 Å². The highest BCUT2D eigenvalue weighted by molar-refractivity contribution is 5.19. The third kappa shape index (κ3) is 6.24. The Bertz CT molecular complexity index is 307. The summed E-state index contributed by atoms with van der Waals surface area (Å²) in [5.74, 6) is 0. The highest BCUT2D eigenvalue weighted by Gasteiger charge is 2.15. The van der Waals surface area contributed by atoms with Gasteiger partial charge in [-0.15, -0.1) is 0 Å². The highest BCUT2D eigenvalue weighted by Crippen LogP contribution is 2.21. The number of hydrogen-bond donors (Lipinski definition) is 1. The summed E-state index contributed by atoms with van der Waals surface area (Å²) in [6.07, 6.45) is 8.99. The number of benzene rings is 1. The van der Waals surface area contributed by atoms with Crippen LogP contribution in [-0.4, -0.2) is 6.04 Å². The normalized spacial score (nSPS) is 14.3. The van der Waals surface area contributed by atoms with Crippen LogP contribution in [0, 0.1) is 0 Å². The number of rotatable bonds is 10. The van der Waals surface area contributed by atoms with Crippen molar-refractivity contribution in [2.75, 3.05) is 0 Å². The lowest BCUT2D eigenvalue weighted by Gasteiger charge is -2.26. The van der Waals surface area contributed by atoms with Crippen molar-refractivity contribution in [1.82, 2.24) is 5.32 Å². The zero-order chi connectivity index (χ0) is 13.9. The molecule has 0 aromatic heterocycles. The molecule has 1 heteroatoms. The van der Waals surface area contributed by atoms with Crippen LogP contribution in [0.3, 0.4) is 0 Å². The lowest BCUT2D eigenvalue weighted by molar-refractivity contribution is 0.369. The smallest absolute Gasteiger partial charge is 0.0322 e. The zero-order valence-electron chi connectivity index (χ0n) is 13.0. The van der Waals surface area contributed by atoms with E-state index in [0.29, 0.717) is 12.1 Å². The summed E-state index contributed by atoms with van der Waals surface area (Å²) in [5.41, 5.74) is 1.45. The van der Waals surface area contributed by atoms with Crippen LogP contribution in [0.1, 0.15) is 77.3 Å². The maximum atomic E-state index is 3.91. The average Bonchev–Trinajstić information content (AvgIpc) is 2.45. The van der Waals surface area contributed by atoms with Crippen LogP contribution in [0.2, 0.25) is 0 Å². The van der Waals surface area contributed by atoms with E-state index in [-0.39, 0.29) is 0 Å². The molecule has 2 atom stereocenters. The molecule has 1 aromatic carbocycles. The molecule has 0 aliphatic heterocycles. The fourth-order valence-corrected chi connectivity index (χ4v) is 2.71. The van der Waals surface area contributed by atoms with Gasteiger partial charge in [0, 0.05) is 12.1 Å². The summed E-state index contributed by atoms with van der Waals surface area (Å²) >= 11 is 0. The van der Waals surface area contributed by atoms with Crippen LogP contribution in [0.15, 0.2) is 30.3 Å². The monoisotopic (exact) mass is 261 g/mol. The van der Waals surface area contributed by atoms with Gasteiger partial charge in [0.05, 0.1) is 0 Å². The molecule has 108 valence electrons. The molecule has 0 fully saturated rings. The van der Waals surface area contributed by atoms with Gasteiger partial charge in [-0.2, -0.15) is 0 Å². The van der Waals surface area contributed by atoms with E-state index in [1.54, 1.807) is 0 Å². The van der Waals surface area contributed by atoms with E-state index in [9.17, 15) is 0 Å². The summed E-state index contributed by atoms with van der Waals surface area (Å²) < 4.78 is 0. The molecule has 0 saturated heterocycles. The Morgan fingerprint density at radius 1 is 0.842 bits per heavy atom. The first-order chi connectivity index (χ1) is 9.31. The predicted octanol–water partition coefficient (Wildman–Crippen LogP) is 5.48. The summed E-state index contributed by atoms with van der Waals surface area (Å²) in [7, 11) is 0. The van der Waals surface area contributed by atoms with Crippen molar-refractivity contribution in [2.24, 2.45) is 0 Å². The van der Waals surface area contributed by atoms with Crippen molar-refractivity contribution in [3.8, 4) is 0 Å². The lowest BCUT2D eigenvalue weighted by Crippen LogP contribution is -2.33. The van der Waals surface area contributed by atoms with Gasteiger partial charge in [-0.05, 0) is 24.8 Å². The molecule has 0 saturated carbocycles. The maximum absolute atomic E-state index is 3.91. The van der Waals surface area contributed by atoms with Gasteiger partial charge in [-0.3, -0.25) is 0 Å². The SMILES string of the molecule is CCCCC(CCC)NC(CCC)c1ccccc1. The van der Waals surface area contributed by atoms with Crippen LogP contribution in [0.5, 0.6) is 0 Å². The van der Waals surface area contributed by atoms with Gasteiger partial charge < -0.3 is 5.32 Å². The minimum Gasteiger partial charge on any atom is -0.307 e. The molecule has 0 amide bonds. The fourth-order valence-electron chi connectivity index (χ4n) is 2.71. The minimum atomic E-state index is 0.527. The molecule has 0 spiro atoms. The maximum Gasteiger partial charge on any atom is 0.0322 e. The second kappa shape index (κ2) is 10.0. The summed E-state index contributed by atoms with van der Waals surface area (Å²) in [4.78, 5) is 0. The van der Waals surface area contributed by atoms with E-state index in [1.807, 2.05) is 0 Å². The Hall–Kier alpha value is -0.820. The van der Waals surface area contributed by atoms with Crippen molar-refractivity contribution >= 4 is 0 Å². The number of unbranched alkanes of at least 4 members (excludes halogenated alkanes) is 1. The van der Waals surface area contributed by atoms with Gasteiger partial charge in [-0.25, -0.2) is 0 Å². The van der Waals surface area contributed by atoms with Crippen LogP contribution in [0.25, 0.3) is 0 Å². The first kappa shape index (κ1) is 16.2. The quantitative estimate of drug-likeness (QED) is 0.588. The molecule has 0 aliphatic carbocycles. The van der Waals surface area contributed by atoms with Gasteiger partial charge in [0.25, 0.3) is 0 Å². The topological polar surface area (TPSA) is 12.0 Å². The van der Waals surface area contributed by atoms with Crippen molar-refractivity contribution in [1.29, 1.82) is 0 Å². The van der Waals surface area contributed by atoms with E-state index in [1.165, 1.54) is 50.5 Å². The van der Waals surface area contributed by atoms with Crippen molar-refractivity contribution in [2.45, 2.75) is 77.8 Å². The second-order valence-corrected chi connectivity index (χ2v) is 5.55. The first-order valence-electron chi connectivity index (χ1n) is 8.12. The van der Waals surface area contributed by atoms with Crippen LogP contribution < -0.4 is 5.32 Å². The molecule has 0 radical (unpaired) electrons. The Morgan fingerprint density at radius 3 is 2.11 bits per heavy atom. The summed E-state index contributed by atoms with van der Waals surface area (Å²) in [6, 6.07) is 12.1.